The van der Waals surface area contributed by atoms with E-state index >= 15 is 0 Å². The molecule has 1 fully saturated rings. The summed E-state index contributed by atoms with van der Waals surface area (Å²) in [6, 6.07) is 3.51. The van der Waals surface area contributed by atoms with E-state index in [1.54, 1.807) is 18.3 Å². The van der Waals surface area contributed by atoms with Crippen LogP contribution in [-0.2, 0) is 0 Å². The number of carbonyl (C=O) groups is 1. The van der Waals surface area contributed by atoms with Crippen LogP contribution in [0, 0.1) is 6.92 Å². The molecule has 2 aromatic rings. The van der Waals surface area contributed by atoms with Gasteiger partial charge in [-0.1, -0.05) is 24.3 Å². The van der Waals surface area contributed by atoms with E-state index in [0.29, 0.717) is 36.9 Å². The van der Waals surface area contributed by atoms with E-state index in [2.05, 4.69) is 26.7 Å². The number of fused-ring (bicyclic) bond motifs is 3. The van der Waals surface area contributed by atoms with Crippen molar-refractivity contribution in [3.05, 3.63) is 41.2 Å². The Morgan fingerprint density at radius 1 is 1.41 bits per heavy atom. The van der Waals surface area contributed by atoms with E-state index in [1.807, 2.05) is 13.0 Å². The van der Waals surface area contributed by atoms with Gasteiger partial charge >= 0.3 is 6.09 Å². The molecule has 0 aliphatic carbocycles. The molecule has 8 nitrogen and oxygen atoms in total. The van der Waals surface area contributed by atoms with Gasteiger partial charge < -0.3 is 14.7 Å². The molecule has 0 aromatic carbocycles. The van der Waals surface area contributed by atoms with Crippen molar-refractivity contribution >= 4 is 35.3 Å². The van der Waals surface area contributed by atoms with Gasteiger partial charge in [0.2, 0.25) is 5.88 Å². The first-order valence-corrected chi connectivity index (χ1v) is 8.90. The Morgan fingerprint density at radius 2 is 2.22 bits per heavy atom. The fourth-order valence-corrected chi connectivity index (χ4v) is 3.78. The van der Waals surface area contributed by atoms with Crippen molar-refractivity contribution in [1.29, 1.82) is 0 Å². The molecule has 0 saturated carbocycles. The van der Waals surface area contributed by atoms with Gasteiger partial charge in [-0.2, -0.15) is 0 Å². The van der Waals surface area contributed by atoms with Gasteiger partial charge in [-0.05, 0) is 18.1 Å². The second-order valence-electron chi connectivity index (χ2n) is 6.63. The van der Waals surface area contributed by atoms with Crippen molar-refractivity contribution in [2.45, 2.75) is 25.5 Å². The highest BCUT2D eigenvalue weighted by Gasteiger charge is 2.42. The second kappa shape index (κ2) is 6.70. The monoisotopic (exact) mass is 387 g/mol. The van der Waals surface area contributed by atoms with Crippen molar-refractivity contribution in [2.24, 2.45) is 0 Å². The average molecular weight is 388 g/mol. The number of amides is 1. The summed E-state index contributed by atoms with van der Waals surface area (Å²) in [6.07, 6.45) is 2.98. The maximum atomic E-state index is 11.6. The summed E-state index contributed by atoms with van der Waals surface area (Å²) >= 11 is 5.99. The Hall–Kier alpha value is -2.87. The van der Waals surface area contributed by atoms with E-state index in [-0.39, 0.29) is 17.3 Å². The van der Waals surface area contributed by atoms with Gasteiger partial charge in [0.1, 0.15) is 6.10 Å². The quantitative estimate of drug-likeness (QED) is 0.865. The Kier molecular flexibility index (Phi) is 4.35. The zero-order valence-corrected chi connectivity index (χ0v) is 15.4. The van der Waals surface area contributed by atoms with E-state index in [0.717, 1.165) is 11.1 Å². The number of anilines is 2. The van der Waals surface area contributed by atoms with Crippen LogP contribution in [0.25, 0.3) is 6.08 Å². The van der Waals surface area contributed by atoms with Crippen LogP contribution in [-0.4, -0.2) is 51.6 Å². The van der Waals surface area contributed by atoms with Crippen molar-refractivity contribution in [3.8, 4) is 5.88 Å². The lowest BCUT2D eigenvalue weighted by molar-refractivity contribution is 0.199. The SMILES string of the molecule is C=Cc1cnc(O[C@@H]2C[C@@H]3CN(C(=O)O)c4nnc(Cl)cc4N3C2)cc1C. The molecular weight excluding hydrogens is 370 g/mol. The Bertz CT molecular complexity index is 922. The molecule has 0 radical (unpaired) electrons. The van der Waals surface area contributed by atoms with Crippen LogP contribution in [0.3, 0.4) is 0 Å². The van der Waals surface area contributed by atoms with Crippen LogP contribution in [0.5, 0.6) is 5.88 Å². The second-order valence-corrected chi connectivity index (χ2v) is 7.02. The van der Waals surface area contributed by atoms with E-state index in [9.17, 15) is 9.90 Å². The van der Waals surface area contributed by atoms with Crippen LogP contribution in [0.4, 0.5) is 16.3 Å². The van der Waals surface area contributed by atoms with Gasteiger partial charge in [-0.15, -0.1) is 10.2 Å². The van der Waals surface area contributed by atoms with Crippen molar-refractivity contribution in [2.75, 3.05) is 22.9 Å². The Labute approximate surface area is 161 Å². The third-order valence-electron chi connectivity index (χ3n) is 4.92. The molecule has 2 aliphatic heterocycles. The number of aryl methyl sites for hydroxylation is 1. The molecule has 27 heavy (non-hydrogen) atoms. The maximum absolute atomic E-state index is 11.6. The molecule has 2 aliphatic rings. The van der Waals surface area contributed by atoms with Crippen LogP contribution < -0.4 is 14.5 Å². The summed E-state index contributed by atoms with van der Waals surface area (Å²) in [6.45, 7) is 6.64. The molecule has 4 rings (SSSR count). The predicted octanol–water partition coefficient (Wildman–Crippen LogP) is 3.00. The summed E-state index contributed by atoms with van der Waals surface area (Å²) < 4.78 is 6.07. The zero-order valence-electron chi connectivity index (χ0n) is 14.7. The summed E-state index contributed by atoms with van der Waals surface area (Å²) in [4.78, 5) is 19.3. The maximum Gasteiger partial charge on any atom is 0.413 e. The predicted molar refractivity (Wildman–Crippen MR) is 102 cm³/mol. The fraction of sp³-hybridized carbons (Fsp3) is 0.333. The molecular formula is C18H18ClN5O3. The first-order chi connectivity index (χ1) is 13.0. The number of carboxylic acid groups (broad SMARTS) is 1. The first kappa shape index (κ1) is 17.5. The third-order valence-corrected chi connectivity index (χ3v) is 5.11. The van der Waals surface area contributed by atoms with E-state index in [4.69, 9.17) is 16.3 Å². The van der Waals surface area contributed by atoms with Crippen molar-refractivity contribution in [1.82, 2.24) is 15.2 Å². The number of rotatable bonds is 3. The lowest BCUT2D eigenvalue weighted by atomic mass is 10.1. The number of hydrogen-bond acceptors (Lipinski definition) is 6. The van der Waals surface area contributed by atoms with Crippen LogP contribution in [0.1, 0.15) is 17.5 Å². The summed E-state index contributed by atoms with van der Waals surface area (Å²) in [5, 5.41) is 17.5. The zero-order chi connectivity index (χ0) is 19.1. The van der Waals surface area contributed by atoms with Gasteiger partial charge in [-0.3, -0.25) is 4.90 Å². The number of nitrogens with zero attached hydrogens (tertiary/aromatic N) is 5. The summed E-state index contributed by atoms with van der Waals surface area (Å²) in [7, 11) is 0. The van der Waals surface area contributed by atoms with E-state index < -0.39 is 6.09 Å². The smallest absolute Gasteiger partial charge is 0.413 e. The van der Waals surface area contributed by atoms with Crippen LogP contribution >= 0.6 is 11.6 Å². The number of pyridine rings is 1. The largest absolute Gasteiger partial charge is 0.472 e. The number of aromatic nitrogens is 3. The van der Waals surface area contributed by atoms with Gasteiger partial charge in [0, 0.05) is 24.8 Å². The minimum absolute atomic E-state index is 0.0209. The molecule has 9 heteroatoms. The van der Waals surface area contributed by atoms with Gasteiger partial charge in [0.15, 0.2) is 11.0 Å². The first-order valence-electron chi connectivity index (χ1n) is 8.52. The molecule has 140 valence electrons. The van der Waals surface area contributed by atoms with Crippen LogP contribution in [0.15, 0.2) is 24.9 Å². The minimum atomic E-state index is -1.06. The molecule has 0 bridgehead atoms. The lowest BCUT2D eigenvalue weighted by Gasteiger charge is -2.37. The van der Waals surface area contributed by atoms with E-state index in [1.165, 1.54) is 4.90 Å². The molecule has 0 spiro atoms. The summed E-state index contributed by atoms with van der Waals surface area (Å²) in [5.74, 6) is 0.845. The lowest BCUT2D eigenvalue weighted by Crippen LogP contribution is -2.48. The Morgan fingerprint density at radius 3 is 2.93 bits per heavy atom. The topological polar surface area (TPSA) is 91.7 Å². The highest BCUT2D eigenvalue weighted by atomic mass is 35.5. The normalized spacial score (nSPS) is 20.8. The van der Waals surface area contributed by atoms with Crippen LogP contribution in [0.2, 0.25) is 5.15 Å². The standard InChI is InChI=1S/C18H18ClN5O3/c1-3-11-7-20-16(4-10(11)2)27-13-5-12-8-24(18(25)26)17-14(23(12)9-13)6-15(19)21-22-17/h3-4,6-7,12-13H,1,5,8-9H2,2H3,(H,25,26)/t12-,13-/m1/s1. The highest BCUT2D eigenvalue weighted by Crippen LogP contribution is 2.39. The van der Waals surface area contributed by atoms with Gasteiger partial charge in [0.05, 0.1) is 24.8 Å². The molecule has 1 amide bonds. The van der Waals surface area contributed by atoms with Gasteiger partial charge in [0.25, 0.3) is 0 Å². The van der Waals surface area contributed by atoms with Crippen molar-refractivity contribution in [3.63, 3.8) is 0 Å². The fourth-order valence-electron chi connectivity index (χ4n) is 3.64. The number of hydrogen-bond donors (Lipinski definition) is 1. The highest BCUT2D eigenvalue weighted by molar-refractivity contribution is 6.29. The molecule has 1 saturated heterocycles. The van der Waals surface area contributed by atoms with Crippen molar-refractivity contribution < 1.29 is 14.6 Å². The minimum Gasteiger partial charge on any atom is -0.472 e. The Balaban J connectivity index is 1.58. The molecule has 4 heterocycles. The molecule has 2 aromatic heterocycles. The average Bonchev–Trinajstić information content (AvgIpc) is 3.03. The number of halogens is 1. The number of ether oxygens (including phenoxy) is 1. The molecule has 2 atom stereocenters. The molecule has 0 unspecified atom stereocenters. The summed E-state index contributed by atoms with van der Waals surface area (Å²) in [5.41, 5.74) is 2.66. The molecule has 1 N–H and O–H groups in total. The van der Waals surface area contributed by atoms with Gasteiger partial charge in [-0.25, -0.2) is 9.78 Å². The third kappa shape index (κ3) is 3.16.